The lowest BCUT2D eigenvalue weighted by molar-refractivity contribution is 0.464. The Hall–Kier alpha value is -2.11. The summed E-state index contributed by atoms with van der Waals surface area (Å²) in [4.78, 5) is 8.70. The van der Waals surface area contributed by atoms with Gasteiger partial charge in [-0.25, -0.2) is 4.68 Å². The summed E-state index contributed by atoms with van der Waals surface area (Å²) in [5.74, 6) is 1.94. The third-order valence-electron chi connectivity index (χ3n) is 2.80. The molecular weight excluding hydrogens is 242 g/mol. The number of nitrogens with zero attached hydrogens (tertiary/aromatic N) is 4. The van der Waals surface area contributed by atoms with Gasteiger partial charge in [-0.05, 0) is 19.1 Å². The summed E-state index contributed by atoms with van der Waals surface area (Å²) < 4.78 is 1.70. The molecule has 0 aliphatic rings. The molecule has 2 N–H and O–H groups in total. The van der Waals surface area contributed by atoms with Crippen molar-refractivity contribution in [3.8, 4) is 5.75 Å². The van der Waals surface area contributed by atoms with Crippen molar-refractivity contribution in [2.75, 3.05) is 5.32 Å². The Morgan fingerprint density at radius 3 is 2.68 bits per heavy atom. The molecule has 2 rings (SSSR count). The van der Waals surface area contributed by atoms with E-state index in [1.807, 2.05) is 27.8 Å². The van der Waals surface area contributed by atoms with Gasteiger partial charge in [-0.1, -0.05) is 13.8 Å². The maximum absolute atomic E-state index is 9.73. The van der Waals surface area contributed by atoms with Crippen LogP contribution in [0.5, 0.6) is 5.75 Å². The Labute approximate surface area is 112 Å². The minimum absolute atomic E-state index is 0.185. The van der Waals surface area contributed by atoms with E-state index in [-0.39, 0.29) is 11.7 Å². The van der Waals surface area contributed by atoms with Crippen molar-refractivity contribution in [2.24, 2.45) is 7.05 Å². The van der Waals surface area contributed by atoms with Crippen LogP contribution in [0.1, 0.15) is 37.0 Å². The molecule has 0 amide bonds. The monoisotopic (exact) mass is 261 g/mol. The SMILES string of the molecule is Cc1ccc(O)c(CNc2nc(C(C)C)nn2C)n1. The standard InChI is InChI=1S/C13H19N5O/c1-8(2)12-16-13(18(4)17-12)14-7-10-11(19)6-5-9(3)15-10/h5-6,8,19H,7H2,1-4H3,(H,14,16,17). The van der Waals surface area contributed by atoms with Crippen LogP contribution in [0, 0.1) is 6.92 Å². The average Bonchev–Trinajstić information content (AvgIpc) is 2.72. The van der Waals surface area contributed by atoms with Crippen molar-refractivity contribution in [3.05, 3.63) is 29.3 Å². The van der Waals surface area contributed by atoms with Crippen LogP contribution in [0.4, 0.5) is 5.95 Å². The van der Waals surface area contributed by atoms with Crippen LogP contribution in [-0.2, 0) is 13.6 Å². The molecule has 2 aromatic rings. The highest BCUT2D eigenvalue weighted by Gasteiger charge is 2.11. The number of pyridine rings is 1. The predicted octanol–water partition coefficient (Wildman–Crippen LogP) is 1.96. The van der Waals surface area contributed by atoms with E-state index in [2.05, 4.69) is 20.4 Å². The van der Waals surface area contributed by atoms with E-state index in [0.29, 0.717) is 18.2 Å². The highest BCUT2D eigenvalue weighted by molar-refractivity contribution is 5.33. The van der Waals surface area contributed by atoms with Crippen LogP contribution < -0.4 is 5.32 Å². The van der Waals surface area contributed by atoms with Crippen molar-refractivity contribution in [1.82, 2.24) is 19.7 Å². The van der Waals surface area contributed by atoms with Gasteiger partial charge >= 0.3 is 0 Å². The first kappa shape index (κ1) is 13.3. The van der Waals surface area contributed by atoms with E-state index in [0.717, 1.165) is 11.5 Å². The molecule has 0 bridgehead atoms. The zero-order chi connectivity index (χ0) is 14.0. The summed E-state index contributed by atoms with van der Waals surface area (Å²) >= 11 is 0. The molecule has 0 aliphatic carbocycles. The van der Waals surface area contributed by atoms with Gasteiger partial charge in [0, 0.05) is 18.7 Å². The van der Waals surface area contributed by atoms with Gasteiger partial charge in [-0.2, -0.15) is 10.1 Å². The van der Waals surface area contributed by atoms with Crippen molar-refractivity contribution >= 4 is 5.95 Å². The largest absolute Gasteiger partial charge is 0.506 e. The van der Waals surface area contributed by atoms with Gasteiger partial charge in [0.15, 0.2) is 5.82 Å². The van der Waals surface area contributed by atoms with E-state index in [1.54, 1.807) is 16.8 Å². The summed E-state index contributed by atoms with van der Waals surface area (Å²) in [6.07, 6.45) is 0. The first-order valence-corrected chi connectivity index (χ1v) is 6.27. The number of hydrogen-bond donors (Lipinski definition) is 2. The lowest BCUT2D eigenvalue weighted by Crippen LogP contribution is -2.07. The minimum Gasteiger partial charge on any atom is -0.506 e. The number of rotatable bonds is 4. The molecule has 0 saturated carbocycles. The Kier molecular flexibility index (Phi) is 3.69. The van der Waals surface area contributed by atoms with Gasteiger partial charge in [0.1, 0.15) is 11.4 Å². The van der Waals surface area contributed by atoms with Crippen LogP contribution in [0.25, 0.3) is 0 Å². The summed E-state index contributed by atoms with van der Waals surface area (Å²) in [6, 6.07) is 3.42. The fraction of sp³-hybridized carbons (Fsp3) is 0.462. The van der Waals surface area contributed by atoms with E-state index >= 15 is 0 Å². The quantitative estimate of drug-likeness (QED) is 0.880. The van der Waals surface area contributed by atoms with Crippen molar-refractivity contribution in [3.63, 3.8) is 0 Å². The topological polar surface area (TPSA) is 75.9 Å². The molecule has 0 aromatic carbocycles. The Balaban J connectivity index is 2.12. The molecule has 19 heavy (non-hydrogen) atoms. The molecule has 0 spiro atoms. The first-order chi connectivity index (χ1) is 8.97. The molecule has 0 saturated heterocycles. The van der Waals surface area contributed by atoms with Crippen molar-refractivity contribution in [1.29, 1.82) is 0 Å². The van der Waals surface area contributed by atoms with Gasteiger partial charge in [-0.15, -0.1) is 0 Å². The fourth-order valence-electron chi connectivity index (χ4n) is 1.70. The van der Waals surface area contributed by atoms with E-state index < -0.39 is 0 Å². The highest BCUT2D eigenvalue weighted by Crippen LogP contribution is 2.17. The van der Waals surface area contributed by atoms with Gasteiger partial charge in [0.2, 0.25) is 5.95 Å². The van der Waals surface area contributed by atoms with E-state index in [1.165, 1.54) is 0 Å². The molecule has 102 valence electrons. The molecule has 0 radical (unpaired) electrons. The lowest BCUT2D eigenvalue weighted by atomic mass is 10.2. The normalized spacial score (nSPS) is 11.0. The summed E-state index contributed by atoms with van der Waals surface area (Å²) in [5.41, 5.74) is 1.48. The molecule has 6 nitrogen and oxygen atoms in total. The third-order valence-corrected chi connectivity index (χ3v) is 2.80. The lowest BCUT2D eigenvalue weighted by Gasteiger charge is -2.06. The Bertz CT molecular complexity index is 576. The maximum atomic E-state index is 9.73. The first-order valence-electron chi connectivity index (χ1n) is 6.27. The Morgan fingerprint density at radius 1 is 1.32 bits per heavy atom. The van der Waals surface area contributed by atoms with Crippen LogP contribution >= 0.6 is 0 Å². The third kappa shape index (κ3) is 3.01. The van der Waals surface area contributed by atoms with Gasteiger partial charge in [-0.3, -0.25) is 4.98 Å². The molecule has 0 fully saturated rings. The molecule has 0 aliphatic heterocycles. The van der Waals surface area contributed by atoms with Crippen molar-refractivity contribution < 1.29 is 5.11 Å². The number of nitrogens with one attached hydrogen (secondary N) is 1. The maximum Gasteiger partial charge on any atom is 0.221 e. The second kappa shape index (κ2) is 5.26. The van der Waals surface area contributed by atoms with Crippen LogP contribution in [0.15, 0.2) is 12.1 Å². The van der Waals surface area contributed by atoms with E-state index in [9.17, 15) is 5.11 Å². The molecule has 2 heterocycles. The number of anilines is 1. The number of aromatic nitrogens is 4. The van der Waals surface area contributed by atoms with Gasteiger partial charge in [0.25, 0.3) is 0 Å². The zero-order valence-electron chi connectivity index (χ0n) is 11.7. The molecular formula is C13H19N5O. The number of hydrogen-bond acceptors (Lipinski definition) is 5. The summed E-state index contributed by atoms with van der Waals surface area (Å²) in [7, 11) is 1.84. The summed E-state index contributed by atoms with van der Waals surface area (Å²) in [6.45, 7) is 6.40. The molecule has 2 aromatic heterocycles. The van der Waals surface area contributed by atoms with Crippen molar-refractivity contribution in [2.45, 2.75) is 33.2 Å². The van der Waals surface area contributed by atoms with Gasteiger partial charge in [0.05, 0.1) is 6.54 Å². The smallest absolute Gasteiger partial charge is 0.221 e. The second-order valence-electron chi connectivity index (χ2n) is 4.84. The van der Waals surface area contributed by atoms with Crippen LogP contribution in [0.2, 0.25) is 0 Å². The van der Waals surface area contributed by atoms with Gasteiger partial charge < -0.3 is 10.4 Å². The Morgan fingerprint density at radius 2 is 2.05 bits per heavy atom. The number of aromatic hydroxyl groups is 1. The fourth-order valence-corrected chi connectivity index (χ4v) is 1.70. The minimum atomic E-state index is 0.185. The molecule has 6 heteroatoms. The average molecular weight is 261 g/mol. The van der Waals surface area contributed by atoms with Crippen LogP contribution in [-0.4, -0.2) is 24.9 Å². The summed E-state index contributed by atoms with van der Waals surface area (Å²) in [5, 5.41) is 17.2. The highest BCUT2D eigenvalue weighted by atomic mass is 16.3. The van der Waals surface area contributed by atoms with E-state index in [4.69, 9.17) is 0 Å². The predicted molar refractivity (Wildman–Crippen MR) is 73.1 cm³/mol. The zero-order valence-corrected chi connectivity index (χ0v) is 11.7. The second-order valence-corrected chi connectivity index (χ2v) is 4.84. The van der Waals surface area contributed by atoms with Crippen LogP contribution in [0.3, 0.4) is 0 Å². The number of aryl methyl sites for hydroxylation is 2. The molecule has 0 atom stereocenters. The molecule has 0 unspecified atom stereocenters.